The molecule has 2 aromatic carbocycles. The maximum atomic E-state index is 12.1. The van der Waals surface area contributed by atoms with E-state index in [2.05, 4.69) is 53.0 Å². The molecule has 0 bridgehead atoms. The molecular formula is C26H33IN6O. The van der Waals surface area contributed by atoms with Gasteiger partial charge in [-0.2, -0.15) is 5.10 Å². The first-order valence-electron chi connectivity index (χ1n) is 11.6. The van der Waals surface area contributed by atoms with Crippen LogP contribution in [-0.4, -0.2) is 39.6 Å². The molecule has 1 aliphatic heterocycles. The third-order valence-electron chi connectivity index (χ3n) is 5.86. The average molecular weight is 572 g/mol. The Bertz CT molecular complexity index is 1080. The van der Waals surface area contributed by atoms with Gasteiger partial charge in [0, 0.05) is 45.0 Å². The number of rotatable bonds is 9. The summed E-state index contributed by atoms with van der Waals surface area (Å²) < 4.78 is 1.92. The largest absolute Gasteiger partial charge is 0.357 e. The molecular weight excluding hydrogens is 539 g/mol. The Hall–Kier alpha value is -2.88. The number of nitrogens with zero attached hydrogens (tertiary/aromatic N) is 4. The van der Waals surface area contributed by atoms with Gasteiger partial charge in [-0.05, 0) is 41.7 Å². The van der Waals surface area contributed by atoms with Crippen LogP contribution < -0.4 is 10.6 Å². The van der Waals surface area contributed by atoms with E-state index < -0.39 is 0 Å². The zero-order valence-corrected chi connectivity index (χ0v) is 21.9. The SMILES string of the molecule is CCNC(=NCc1ccccc1Cn1cccn1)NCc1ccccc1CN1CCCC1=O.I. The van der Waals surface area contributed by atoms with Crippen LogP contribution in [-0.2, 0) is 31.0 Å². The Morgan fingerprint density at radius 2 is 1.68 bits per heavy atom. The summed E-state index contributed by atoms with van der Waals surface area (Å²) in [4.78, 5) is 18.9. The van der Waals surface area contributed by atoms with Crippen LogP contribution in [0.4, 0.5) is 0 Å². The highest BCUT2D eigenvalue weighted by atomic mass is 127. The van der Waals surface area contributed by atoms with Gasteiger partial charge in [0.2, 0.25) is 5.91 Å². The molecule has 7 nitrogen and oxygen atoms in total. The Labute approximate surface area is 218 Å². The first-order chi connectivity index (χ1) is 16.2. The summed E-state index contributed by atoms with van der Waals surface area (Å²) >= 11 is 0. The van der Waals surface area contributed by atoms with Gasteiger partial charge in [0.05, 0.1) is 13.1 Å². The Kier molecular flexibility index (Phi) is 9.93. The minimum atomic E-state index is 0. The van der Waals surface area contributed by atoms with Gasteiger partial charge in [-0.25, -0.2) is 4.99 Å². The Morgan fingerprint density at radius 3 is 2.32 bits per heavy atom. The predicted molar refractivity (Wildman–Crippen MR) is 146 cm³/mol. The van der Waals surface area contributed by atoms with E-state index in [1.807, 2.05) is 40.0 Å². The van der Waals surface area contributed by atoms with Gasteiger partial charge in [-0.3, -0.25) is 9.48 Å². The van der Waals surface area contributed by atoms with Gasteiger partial charge in [0.1, 0.15) is 0 Å². The van der Waals surface area contributed by atoms with Gasteiger partial charge in [-0.15, -0.1) is 24.0 Å². The molecule has 2 N–H and O–H groups in total. The maximum Gasteiger partial charge on any atom is 0.222 e. The highest BCUT2D eigenvalue weighted by molar-refractivity contribution is 14.0. The van der Waals surface area contributed by atoms with Crippen molar-refractivity contribution in [3.8, 4) is 0 Å². The van der Waals surface area contributed by atoms with E-state index in [0.717, 1.165) is 32.0 Å². The van der Waals surface area contributed by atoms with Crippen LogP contribution in [0.25, 0.3) is 0 Å². The molecule has 0 radical (unpaired) electrons. The number of carbonyl (C=O) groups excluding carboxylic acids is 1. The van der Waals surface area contributed by atoms with Gasteiger partial charge in [0.25, 0.3) is 0 Å². The van der Waals surface area contributed by atoms with E-state index in [4.69, 9.17) is 4.99 Å². The second kappa shape index (κ2) is 13.1. The summed E-state index contributed by atoms with van der Waals surface area (Å²) in [7, 11) is 0. The second-order valence-corrected chi connectivity index (χ2v) is 8.21. The fourth-order valence-electron chi connectivity index (χ4n) is 4.08. The van der Waals surface area contributed by atoms with Crippen LogP contribution in [0, 0.1) is 0 Å². The molecule has 1 aromatic heterocycles. The van der Waals surface area contributed by atoms with Crippen LogP contribution >= 0.6 is 24.0 Å². The number of likely N-dealkylation sites (tertiary alicyclic amines) is 1. The lowest BCUT2D eigenvalue weighted by molar-refractivity contribution is -0.128. The molecule has 0 unspecified atom stereocenters. The second-order valence-electron chi connectivity index (χ2n) is 8.21. The fraction of sp³-hybridized carbons (Fsp3) is 0.346. The number of nitrogens with one attached hydrogen (secondary N) is 2. The number of hydrogen-bond acceptors (Lipinski definition) is 3. The Morgan fingerprint density at radius 1 is 0.971 bits per heavy atom. The molecule has 34 heavy (non-hydrogen) atoms. The number of hydrogen-bond donors (Lipinski definition) is 2. The number of aliphatic imine (C=N–C) groups is 1. The highest BCUT2D eigenvalue weighted by Crippen LogP contribution is 2.17. The molecule has 0 saturated carbocycles. The number of guanidine groups is 1. The van der Waals surface area contributed by atoms with Crippen molar-refractivity contribution in [3.63, 3.8) is 0 Å². The van der Waals surface area contributed by atoms with Gasteiger partial charge >= 0.3 is 0 Å². The maximum absolute atomic E-state index is 12.1. The van der Waals surface area contributed by atoms with E-state index in [9.17, 15) is 4.79 Å². The summed E-state index contributed by atoms with van der Waals surface area (Å²) in [6, 6.07) is 18.6. The normalized spacial score (nSPS) is 13.6. The van der Waals surface area contributed by atoms with Gasteiger partial charge < -0.3 is 15.5 Å². The monoisotopic (exact) mass is 572 g/mol. The smallest absolute Gasteiger partial charge is 0.222 e. The van der Waals surface area contributed by atoms with Crippen LogP contribution in [0.1, 0.15) is 42.0 Å². The quantitative estimate of drug-likeness (QED) is 0.232. The standard InChI is InChI=1S/C26H32N6O.HI/c1-2-27-26(29-18-22-10-4-6-12-24(22)20-32-16-8-14-30-32)28-17-21-9-3-5-11-23(21)19-31-15-7-13-25(31)33;/h3-6,8-12,14,16H,2,7,13,15,17-20H2,1H3,(H2,27,28,29);1H. The lowest BCUT2D eigenvalue weighted by atomic mass is 10.1. The molecule has 3 aromatic rings. The topological polar surface area (TPSA) is 74.6 Å². The molecule has 180 valence electrons. The van der Waals surface area contributed by atoms with Crippen molar-refractivity contribution >= 4 is 35.8 Å². The molecule has 0 atom stereocenters. The summed E-state index contributed by atoms with van der Waals surface area (Å²) in [5.74, 6) is 1.03. The molecule has 8 heteroatoms. The summed E-state index contributed by atoms with van der Waals surface area (Å²) in [6.45, 7) is 6.33. The van der Waals surface area contributed by atoms with Crippen molar-refractivity contribution in [2.75, 3.05) is 13.1 Å². The van der Waals surface area contributed by atoms with Crippen molar-refractivity contribution in [2.45, 2.75) is 45.9 Å². The van der Waals surface area contributed by atoms with E-state index >= 15 is 0 Å². The third-order valence-corrected chi connectivity index (χ3v) is 5.86. The lowest BCUT2D eigenvalue weighted by Crippen LogP contribution is -2.37. The van der Waals surface area contributed by atoms with E-state index in [-0.39, 0.29) is 29.9 Å². The van der Waals surface area contributed by atoms with Crippen molar-refractivity contribution in [1.82, 2.24) is 25.3 Å². The van der Waals surface area contributed by atoms with E-state index in [0.29, 0.717) is 26.1 Å². The van der Waals surface area contributed by atoms with Crippen LogP contribution in [0.3, 0.4) is 0 Å². The van der Waals surface area contributed by atoms with E-state index in [1.165, 1.54) is 22.3 Å². The Balaban J connectivity index is 0.00000324. The molecule has 1 amide bonds. The van der Waals surface area contributed by atoms with Crippen molar-refractivity contribution < 1.29 is 4.79 Å². The van der Waals surface area contributed by atoms with E-state index in [1.54, 1.807) is 6.20 Å². The van der Waals surface area contributed by atoms with Crippen LogP contribution in [0.15, 0.2) is 72.0 Å². The zero-order valence-electron chi connectivity index (χ0n) is 19.6. The van der Waals surface area contributed by atoms with Crippen molar-refractivity contribution in [3.05, 3.63) is 89.2 Å². The molecule has 1 aliphatic rings. The van der Waals surface area contributed by atoms with Crippen LogP contribution in [0.5, 0.6) is 0 Å². The third kappa shape index (κ3) is 7.06. The molecule has 0 spiro atoms. The zero-order chi connectivity index (χ0) is 22.9. The molecule has 2 heterocycles. The number of carbonyl (C=O) groups is 1. The summed E-state index contributed by atoms with van der Waals surface area (Å²) in [5.41, 5.74) is 4.75. The first-order valence-corrected chi connectivity index (χ1v) is 11.6. The van der Waals surface area contributed by atoms with Gasteiger partial charge in [-0.1, -0.05) is 48.5 Å². The molecule has 4 rings (SSSR count). The van der Waals surface area contributed by atoms with Crippen molar-refractivity contribution in [2.24, 2.45) is 4.99 Å². The summed E-state index contributed by atoms with van der Waals surface area (Å²) in [6.07, 6.45) is 5.39. The number of amides is 1. The molecule has 0 aliphatic carbocycles. The molecule has 1 saturated heterocycles. The van der Waals surface area contributed by atoms with Crippen molar-refractivity contribution in [1.29, 1.82) is 0 Å². The highest BCUT2D eigenvalue weighted by Gasteiger charge is 2.20. The van der Waals surface area contributed by atoms with Crippen LogP contribution in [0.2, 0.25) is 0 Å². The average Bonchev–Trinajstić information content (AvgIpc) is 3.49. The summed E-state index contributed by atoms with van der Waals surface area (Å²) in [5, 5.41) is 11.1. The predicted octanol–water partition coefficient (Wildman–Crippen LogP) is 3.93. The van der Waals surface area contributed by atoms with Gasteiger partial charge in [0.15, 0.2) is 5.96 Å². The minimum Gasteiger partial charge on any atom is -0.357 e. The first kappa shape index (κ1) is 25.7. The minimum absolute atomic E-state index is 0. The molecule has 1 fully saturated rings. The number of halogens is 1. The lowest BCUT2D eigenvalue weighted by Gasteiger charge is -2.19. The fourth-order valence-corrected chi connectivity index (χ4v) is 4.08. The number of aromatic nitrogens is 2. The number of benzene rings is 2.